The second-order valence-electron chi connectivity index (χ2n) is 4.03. The lowest BCUT2D eigenvalue weighted by atomic mass is 10.0. The molecule has 0 radical (unpaired) electrons. The van der Waals surface area contributed by atoms with E-state index < -0.39 is 17.5 Å². The van der Waals surface area contributed by atoms with Crippen LogP contribution in [-0.4, -0.2) is 24.8 Å². The predicted molar refractivity (Wildman–Crippen MR) is 63.2 cm³/mol. The molecule has 0 amide bonds. The quantitative estimate of drug-likeness (QED) is 0.481. The number of ketones is 1. The van der Waals surface area contributed by atoms with E-state index in [0.29, 0.717) is 0 Å². The lowest BCUT2D eigenvalue weighted by molar-refractivity contribution is -0.137. The van der Waals surface area contributed by atoms with Gasteiger partial charge in [-0.05, 0) is 12.1 Å². The Morgan fingerprint density at radius 3 is 2.47 bits per heavy atom. The summed E-state index contributed by atoms with van der Waals surface area (Å²) in [6.45, 7) is 0. The Balaban J connectivity index is 3.18. The molecule has 1 aromatic rings. The van der Waals surface area contributed by atoms with Crippen LogP contribution in [0.25, 0.3) is 0 Å². The number of nitrogens with zero attached hydrogens (tertiary/aromatic N) is 2. The third-order valence-electron chi connectivity index (χ3n) is 2.20. The molecule has 0 atom stereocenters. The standard InChI is InChI=1S/C13H11F3N2O/c1-18(2)8-10(7-17)12(19)9-4-3-5-11(6-9)13(14,15)16/h3-6,8H,1-2H3/b10-8+. The maximum Gasteiger partial charge on any atom is 0.416 e. The molecule has 0 saturated heterocycles. The van der Waals surface area contributed by atoms with E-state index in [0.717, 1.165) is 18.2 Å². The van der Waals surface area contributed by atoms with Crippen molar-refractivity contribution in [1.29, 1.82) is 5.26 Å². The first-order valence-electron chi connectivity index (χ1n) is 5.26. The van der Waals surface area contributed by atoms with Crippen molar-refractivity contribution < 1.29 is 18.0 Å². The van der Waals surface area contributed by atoms with Gasteiger partial charge in [0, 0.05) is 25.9 Å². The average molecular weight is 268 g/mol. The van der Waals surface area contributed by atoms with E-state index in [2.05, 4.69) is 0 Å². The van der Waals surface area contributed by atoms with E-state index >= 15 is 0 Å². The first-order valence-corrected chi connectivity index (χ1v) is 5.26. The number of carbonyl (C=O) groups is 1. The van der Waals surface area contributed by atoms with Crippen LogP contribution >= 0.6 is 0 Å². The van der Waals surface area contributed by atoms with Gasteiger partial charge in [0.05, 0.1) is 5.56 Å². The van der Waals surface area contributed by atoms with E-state index in [1.165, 1.54) is 17.2 Å². The smallest absolute Gasteiger partial charge is 0.382 e. The van der Waals surface area contributed by atoms with E-state index in [4.69, 9.17) is 5.26 Å². The Morgan fingerprint density at radius 2 is 2.00 bits per heavy atom. The zero-order chi connectivity index (χ0) is 14.6. The molecule has 0 aliphatic carbocycles. The lowest BCUT2D eigenvalue weighted by Crippen LogP contribution is -2.11. The van der Waals surface area contributed by atoms with Crippen LogP contribution in [0.2, 0.25) is 0 Å². The van der Waals surface area contributed by atoms with Gasteiger partial charge in [0.1, 0.15) is 11.6 Å². The molecular weight excluding hydrogens is 257 g/mol. The number of rotatable bonds is 3. The highest BCUT2D eigenvalue weighted by molar-refractivity contribution is 6.11. The fraction of sp³-hybridized carbons (Fsp3) is 0.231. The molecule has 0 unspecified atom stereocenters. The van der Waals surface area contributed by atoms with Gasteiger partial charge in [-0.15, -0.1) is 0 Å². The van der Waals surface area contributed by atoms with Gasteiger partial charge in [0.15, 0.2) is 0 Å². The first kappa shape index (κ1) is 14.8. The van der Waals surface area contributed by atoms with Crippen LogP contribution < -0.4 is 0 Å². The molecule has 0 spiro atoms. The summed E-state index contributed by atoms with van der Waals surface area (Å²) in [5.74, 6) is -0.734. The lowest BCUT2D eigenvalue weighted by Gasteiger charge is -2.09. The molecule has 6 heteroatoms. The number of halogens is 3. The summed E-state index contributed by atoms with van der Waals surface area (Å²) < 4.78 is 37.6. The summed E-state index contributed by atoms with van der Waals surface area (Å²) in [5, 5.41) is 8.85. The predicted octanol–water partition coefficient (Wildman–Crippen LogP) is 2.86. The van der Waals surface area contributed by atoms with Gasteiger partial charge in [-0.2, -0.15) is 18.4 Å². The molecule has 0 aliphatic heterocycles. The molecule has 0 N–H and O–H groups in total. The second kappa shape index (κ2) is 5.57. The van der Waals surface area contributed by atoms with Crippen molar-refractivity contribution in [3.8, 4) is 6.07 Å². The van der Waals surface area contributed by atoms with E-state index in [-0.39, 0.29) is 11.1 Å². The monoisotopic (exact) mass is 268 g/mol. The van der Waals surface area contributed by atoms with Crippen LogP contribution in [0.4, 0.5) is 13.2 Å². The van der Waals surface area contributed by atoms with Crippen LogP contribution in [0, 0.1) is 11.3 Å². The number of carbonyl (C=O) groups excluding carboxylic acids is 1. The van der Waals surface area contributed by atoms with Gasteiger partial charge in [-0.25, -0.2) is 0 Å². The minimum absolute atomic E-state index is 0.163. The topological polar surface area (TPSA) is 44.1 Å². The zero-order valence-corrected chi connectivity index (χ0v) is 10.3. The largest absolute Gasteiger partial charge is 0.416 e. The van der Waals surface area contributed by atoms with E-state index in [1.54, 1.807) is 20.2 Å². The molecule has 0 aliphatic rings. The number of hydrogen-bond acceptors (Lipinski definition) is 3. The minimum atomic E-state index is -4.52. The summed E-state index contributed by atoms with van der Waals surface area (Å²) >= 11 is 0. The SMILES string of the molecule is CN(C)/C=C(\C#N)C(=O)c1cccc(C(F)(F)F)c1. The van der Waals surface area contributed by atoms with Gasteiger partial charge in [0.25, 0.3) is 0 Å². The fourth-order valence-electron chi connectivity index (χ4n) is 1.39. The molecule has 1 rings (SSSR count). The molecule has 100 valence electrons. The fourth-order valence-corrected chi connectivity index (χ4v) is 1.39. The van der Waals surface area contributed by atoms with Crippen molar-refractivity contribution >= 4 is 5.78 Å². The van der Waals surface area contributed by atoms with Crippen LogP contribution in [-0.2, 0) is 6.18 Å². The maximum atomic E-state index is 12.5. The average Bonchev–Trinajstić information content (AvgIpc) is 2.34. The molecule has 3 nitrogen and oxygen atoms in total. The van der Waals surface area contributed by atoms with Crippen molar-refractivity contribution in [1.82, 2.24) is 4.90 Å². The van der Waals surface area contributed by atoms with Crippen molar-refractivity contribution in [2.75, 3.05) is 14.1 Å². The molecule has 1 aromatic carbocycles. The van der Waals surface area contributed by atoms with Gasteiger partial charge >= 0.3 is 6.18 Å². The van der Waals surface area contributed by atoms with Gasteiger partial charge in [0.2, 0.25) is 5.78 Å². The number of nitriles is 1. The Labute approximate surface area is 108 Å². The van der Waals surface area contributed by atoms with Crippen LogP contribution in [0.3, 0.4) is 0 Å². The van der Waals surface area contributed by atoms with Gasteiger partial charge in [-0.1, -0.05) is 12.1 Å². The molecule has 19 heavy (non-hydrogen) atoms. The highest BCUT2D eigenvalue weighted by atomic mass is 19.4. The first-order chi connectivity index (χ1) is 8.75. The van der Waals surface area contributed by atoms with Crippen molar-refractivity contribution in [2.45, 2.75) is 6.18 Å². The highest BCUT2D eigenvalue weighted by Gasteiger charge is 2.31. The highest BCUT2D eigenvalue weighted by Crippen LogP contribution is 2.29. The summed E-state index contributed by atoms with van der Waals surface area (Å²) in [6, 6.07) is 5.68. The minimum Gasteiger partial charge on any atom is -0.382 e. The van der Waals surface area contributed by atoms with Crippen LogP contribution in [0.1, 0.15) is 15.9 Å². The maximum absolute atomic E-state index is 12.5. The molecule has 0 fully saturated rings. The normalized spacial score (nSPS) is 11.9. The third-order valence-corrected chi connectivity index (χ3v) is 2.20. The van der Waals surface area contributed by atoms with Crippen molar-refractivity contribution in [3.05, 3.63) is 47.2 Å². The third kappa shape index (κ3) is 3.85. The molecular formula is C13H11F3N2O. The summed E-state index contributed by atoms with van der Waals surface area (Å²) in [4.78, 5) is 13.4. The number of alkyl halides is 3. The summed E-state index contributed by atoms with van der Waals surface area (Å²) in [7, 11) is 3.22. The van der Waals surface area contributed by atoms with E-state index in [1.807, 2.05) is 0 Å². The number of Topliss-reactive ketones (excluding diaryl/α,β-unsaturated/α-hetero) is 1. The van der Waals surface area contributed by atoms with Crippen molar-refractivity contribution in [2.24, 2.45) is 0 Å². The Bertz CT molecular complexity index is 554. The summed E-state index contributed by atoms with van der Waals surface area (Å²) in [6.07, 6.45) is -3.25. The molecule has 0 bridgehead atoms. The molecule has 0 aromatic heterocycles. The van der Waals surface area contributed by atoms with E-state index in [9.17, 15) is 18.0 Å². The Hall–Kier alpha value is -2.29. The summed E-state index contributed by atoms with van der Waals surface area (Å²) in [5.41, 5.74) is -1.30. The molecule has 0 saturated carbocycles. The van der Waals surface area contributed by atoms with Gasteiger partial charge < -0.3 is 4.90 Å². The van der Waals surface area contributed by atoms with Gasteiger partial charge in [-0.3, -0.25) is 4.79 Å². The number of benzene rings is 1. The van der Waals surface area contributed by atoms with Crippen LogP contribution in [0.15, 0.2) is 36.0 Å². The second-order valence-corrected chi connectivity index (χ2v) is 4.03. The number of hydrogen-bond donors (Lipinski definition) is 0. The van der Waals surface area contributed by atoms with Crippen molar-refractivity contribution in [3.63, 3.8) is 0 Å². The Morgan fingerprint density at radius 1 is 1.37 bits per heavy atom. The Kier molecular flexibility index (Phi) is 4.33. The van der Waals surface area contributed by atoms with Crippen LogP contribution in [0.5, 0.6) is 0 Å². The molecule has 0 heterocycles. The zero-order valence-electron chi connectivity index (χ0n) is 10.3. The number of allylic oxidation sites excluding steroid dienone is 1.